The Bertz CT molecular complexity index is 790. The second kappa shape index (κ2) is 6.52. The Labute approximate surface area is 129 Å². The standard InChI is InChI=1S/C14H11N3O6/c1-23-13-6-5-11(17(21)22)8-12(13)15-14(18)9-3-2-4-10(7-9)16(19)20/h2-8H,1H3,(H,15,18). The van der Waals surface area contributed by atoms with Crippen LogP contribution in [0.4, 0.5) is 17.1 Å². The summed E-state index contributed by atoms with van der Waals surface area (Å²) in [4.78, 5) is 32.5. The number of nitro benzene ring substituents is 2. The lowest BCUT2D eigenvalue weighted by Gasteiger charge is -2.10. The number of hydrogen-bond acceptors (Lipinski definition) is 6. The molecule has 2 aromatic carbocycles. The molecule has 0 unspecified atom stereocenters. The molecule has 0 radical (unpaired) electrons. The van der Waals surface area contributed by atoms with Crippen LogP contribution >= 0.6 is 0 Å². The summed E-state index contributed by atoms with van der Waals surface area (Å²) in [6, 6.07) is 8.87. The zero-order chi connectivity index (χ0) is 17.0. The van der Waals surface area contributed by atoms with E-state index in [2.05, 4.69) is 5.32 Å². The fraction of sp³-hybridized carbons (Fsp3) is 0.0714. The molecule has 0 aliphatic heterocycles. The summed E-state index contributed by atoms with van der Waals surface area (Å²) >= 11 is 0. The van der Waals surface area contributed by atoms with Gasteiger partial charge in [0.1, 0.15) is 5.75 Å². The number of benzene rings is 2. The van der Waals surface area contributed by atoms with Gasteiger partial charge in [0.05, 0.1) is 22.6 Å². The van der Waals surface area contributed by atoms with E-state index in [1.54, 1.807) is 0 Å². The monoisotopic (exact) mass is 317 g/mol. The van der Waals surface area contributed by atoms with Crippen molar-refractivity contribution in [2.45, 2.75) is 0 Å². The molecule has 1 amide bonds. The predicted molar refractivity (Wildman–Crippen MR) is 80.7 cm³/mol. The summed E-state index contributed by atoms with van der Waals surface area (Å²) in [7, 11) is 1.35. The number of amides is 1. The van der Waals surface area contributed by atoms with Crippen LogP contribution in [0.15, 0.2) is 42.5 Å². The molecule has 9 heteroatoms. The Morgan fingerprint density at radius 2 is 1.70 bits per heavy atom. The number of carbonyl (C=O) groups is 1. The number of nitrogens with one attached hydrogen (secondary N) is 1. The smallest absolute Gasteiger partial charge is 0.271 e. The molecule has 118 valence electrons. The molecule has 23 heavy (non-hydrogen) atoms. The summed E-state index contributed by atoms with van der Waals surface area (Å²) in [5, 5.41) is 24.0. The van der Waals surface area contributed by atoms with Gasteiger partial charge in [-0.1, -0.05) is 6.07 Å². The van der Waals surface area contributed by atoms with E-state index < -0.39 is 15.8 Å². The van der Waals surface area contributed by atoms with Crippen molar-refractivity contribution in [2.75, 3.05) is 12.4 Å². The zero-order valence-corrected chi connectivity index (χ0v) is 11.9. The van der Waals surface area contributed by atoms with E-state index in [4.69, 9.17) is 4.74 Å². The first-order valence-electron chi connectivity index (χ1n) is 6.30. The maximum Gasteiger partial charge on any atom is 0.271 e. The highest BCUT2D eigenvalue weighted by Crippen LogP contribution is 2.29. The van der Waals surface area contributed by atoms with E-state index in [1.807, 2.05) is 0 Å². The highest BCUT2D eigenvalue weighted by molar-refractivity contribution is 6.05. The van der Waals surface area contributed by atoms with Crippen LogP contribution in [0.25, 0.3) is 0 Å². The first-order valence-corrected chi connectivity index (χ1v) is 6.30. The Hall–Kier alpha value is -3.49. The second-order valence-corrected chi connectivity index (χ2v) is 4.40. The van der Waals surface area contributed by atoms with Crippen LogP contribution < -0.4 is 10.1 Å². The van der Waals surface area contributed by atoms with Gasteiger partial charge in [-0.15, -0.1) is 0 Å². The van der Waals surface area contributed by atoms with E-state index in [0.29, 0.717) is 0 Å². The van der Waals surface area contributed by atoms with E-state index in [1.165, 1.54) is 37.4 Å². The molecule has 0 fully saturated rings. The van der Waals surface area contributed by atoms with Gasteiger partial charge in [-0.2, -0.15) is 0 Å². The number of nitro groups is 2. The van der Waals surface area contributed by atoms with Gasteiger partial charge >= 0.3 is 0 Å². The minimum Gasteiger partial charge on any atom is -0.495 e. The molecule has 0 atom stereocenters. The van der Waals surface area contributed by atoms with Crippen molar-refractivity contribution in [3.8, 4) is 5.75 Å². The summed E-state index contributed by atoms with van der Waals surface area (Å²) in [5.41, 5.74) is -0.310. The maximum absolute atomic E-state index is 12.2. The number of ether oxygens (including phenoxy) is 1. The van der Waals surface area contributed by atoms with Crippen molar-refractivity contribution in [1.29, 1.82) is 0 Å². The highest BCUT2D eigenvalue weighted by Gasteiger charge is 2.16. The van der Waals surface area contributed by atoms with Crippen LogP contribution in [0.3, 0.4) is 0 Å². The van der Waals surface area contributed by atoms with Crippen molar-refractivity contribution in [1.82, 2.24) is 0 Å². The van der Waals surface area contributed by atoms with Crippen molar-refractivity contribution in [3.05, 3.63) is 68.3 Å². The highest BCUT2D eigenvalue weighted by atomic mass is 16.6. The molecule has 1 N–H and O–H groups in total. The Balaban J connectivity index is 2.32. The van der Waals surface area contributed by atoms with Crippen LogP contribution in [-0.4, -0.2) is 22.9 Å². The lowest BCUT2D eigenvalue weighted by molar-refractivity contribution is -0.385. The molecule has 0 aromatic heterocycles. The normalized spacial score (nSPS) is 9.96. The Kier molecular flexibility index (Phi) is 4.50. The first-order chi connectivity index (χ1) is 10.9. The Morgan fingerprint density at radius 3 is 2.30 bits per heavy atom. The van der Waals surface area contributed by atoms with Crippen LogP contribution in [0.2, 0.25) is 0 Å². The molecule has 2 aromatic rings. The number of methoxy groups -OCH3 is 1. The van der Waals surface area contributed by atoms with Crippen LogP contribution in [0.1, 0.15) is 10.4 Å². The fourth-order valence-corrected chi connectivity index (χ4v) is 1.86. The van der Waals surface area contributed by atoms with Gasteiger partial charge in [0, 0.05) is 29.8 Å². The van der Waals surface area contributed by atoms with Gasteiger partial charge in [-0.25, -0.2) is 0 Å². The second-order valence-electron chi connectivity index (χ2n) is 4.40. The molecule has 9 nitrogen and oxygen atoms in total. The van der Waals surface area contributed by atoms with E-state index >= 15 is 0 Å². The van der Waals surface area contributed by atoms with Gasteiger partial charge in [-0.3, -0.25) is 25.0 Å². The SMILES string of the molecule is COc1ccc([N+](=O)[O-])cc1NC(=O)c1cccc([N+](=O)[O-])c1. The number of nitrogens with zero attached hydrogens (tertiary/aromatic N) is 2. The third kappa shape index (κ3) is 3.59. The minimum absolute atomic E-state index is 0.0489. The molecule has 0 heterocycles. The number of anilines is 1. The van der Waals surface area contributed by atoms with E-state index in [0.717, 1.165) is 12.1 Å². The lowest BCUT2D eigenvalue weighted by Crippen LogP contribution is -2.13. The molecule has 0 saturated heterocycles. The maximum atomic E-state index is 12.2. The van der Waals surface area contributed by atoms with Crippen LogP contribution in [0.5, 0.6) is 5.75 Å². The lowest BCUT2D eigenvalue weighted by atomic mass is 10.1. The number of carbonyl (C=O) groups excluding carboxylic acids is 1. The molecule has 0 saturated carbocycles. The first kappa shape index (κ1) is 15.9. The summed E-state index contributed by atoms with van der Waals surface area (Å²) < 4.78 is 5.03. The molecular weight excluding hydrogens is 306 g/mol. The third-order valence-electron chi connectivity index (χ3n) is 2.96. The predicted octanol–water partition coefficient (Wildman–Crippen LogP) is 2.76. The van der Waals surface area contributed by atoms with Gasteiger partial charge in [-0.05, 0) is 12.1 Å². The van der Waals surface area contributed by atoms with E-state index in [-0.39, 0.29) is 28.4 Å². The van der Waals surface area contributed by atoms with Gasteiger partial charge in [0.25, 0.3) is 17.3 Å². The molecule has 0 bridgehead atoms. The van der Waals surface area contributed by atoms with Gasteiger partial charge in [0.2, 0.25) is 0 Å². The van der Waals surface area contributed by atoms with E-state index in [9.17, 15) is 25.0 Å². The van der Waals surface area contributed by atoms with Crippen LogP contribution in [0, 0.1) is 20.2 Å². The minimum atomic E-state index is -0.646. The Morgan fingerprint density at radius 1 is 1.04 bits per heavy atom. The number of hydrogen-bond donors (Lipinski definition) is 1. The molecule has 0 spiro atoms. The largest absolute Gasteiger partial charge is 0.495 e. The van der Waals surface area contributed by atoms with Gasteiger partial charge in [0.15, 0.2) is 0 Å². The molecule has 0 aliphatic carbocycles. The van der Waals surface area contributed by atoms with Crippen molar-refractivity contribution in [3.63, 3.8) is 0 Å². The quantitative estimate of drug-likeness (QED) is 0.667. The van der Waals surface area contributed by atoms with Crippen LogP contribution in [-0.2, 0) is 0 Å². The fourth-order valence-electron chi connectivity index (χ4n) is 1.86. The van der Waals surface area contributed by atoms with Crippen molar-refractivity contribution >= 4 is 23.0 Å². The average Bonchev–Trinajstić information content (AvgIpc) is 2.54. The third-order valence-corrected chi connectivity index (χ3v) is 2.96. The summed E-state index contributed by atoms with van der Waals surface area (Å²) in [6.07, 6.45) is 0. The topological polar surface area (TPSA) is 125 Å². The van der Waals surface area contributed by atoms with Gasteiger partial charge < -0.3 is 10.1 Å². The summed E-state index contributed by atoms with van der Waals surface area (Å²) in [6.45, 7) is 0. The molecule has 0 aliphatic rings. The molecular formula is C14H11N3O6. The molecule has 2 rings (SSSR count). The average molecular weight is 317 g/mol. The summed E-state index contributed by atoms with van der Waals surface area (Å²) in [5.74, 6) is -0.415. The number of non-ortho nitro benzene ring substituents is 2. The van der Waals surface area contributed by atoms with Crippen molar-refractivity contribution in [2.24, 2.45) is 0 Å². The zero-order valence-electron chi connectivity index (χ0n) is 11.9. The van der Waals surface area contributed by atoms with Crippen molar-refractivity contribution < 1.29 is 19.4 Å². The number of rotatable bonds is 5.